The molecular formula is C20H25NO5. The quantitative estimate of drug-likeness (QED) is 0.699. The Morgan fingerprint density at radius 2 is 1.77 bits per heavy atom. The standard InChI is InChI=1S/C20H25NO5/c1-24-17-10-14(11-18(12-17)25-2)20(23)26-13-19(22)21(16-8-9-16)15-6-4-3-5-7-15/h6,10-12,16H,3-5,7-9,13H2,1-2H3. The van der Waals surface area contributed by atoms with Gasteiger partial charge in [-0.05, 0) is 50.7 Å². The number of rotatable bonds is 7. The van der Waals surface area contributed by atoms with E-state index in [0.717, 1.165) is 37.8 Å². The normalized spacial score (nSPS) is 16.5. The predicted molar refractivity (Wildman–Crippen MR) is 96.2 cm³/mol. The predicted octanol–water partition coefficient (Wildman–Crippen LogP) is 3.31. The van der Waals surface area contributed by atoms with Crippen molar-refractivity contribution in [3.8, 4) is 11.5 Å². The summed E-state index contributed by atoms with van der Waals surface area (Å²) in [6.07, 6.45) is 8.38. The van der Waals surface area contributed by atoms with Crippen molar-refractivity contribution in [3.05, 3.63) is 35.5 Å². The van der Waals surface area contributed by atoms with E-state index in [4.69, 9.17) is 14.2 Å². The summed E-state index contributed by atoms with van der Waals surface area (Å²) >= 11 is 0. The summed E-state index contributed by atoms with van der Waals surface area (Å²) in [6.45, 7) is -0.258. The summed E-state index contributed by atoms with van der Waals surface area (Å²) in [5.41, 5.74) is 1.38. The van der Waals surface area contributed by atoms with Crippen LogP contribution in [0.2, 0.25) is 0 Å². The minimum absolute atomic E-state index is 0.149. The van der Waals surface area contributed by atoms with Crippen molar-refractivity contribution in [3.63, 3.8) is 0 Å². The van der Waals surface area contributed by atoms with E-state index in [9.17, 15) is 9.59 Å². The molecule has 0 atom stereocenters. The van der Waals surface area contributed by atoms with Crippen LogP contribution in [0.25, 0.3) is 0 Å². The van der Waals surface area contributed by atoms with E-state index in [1.165, 1.54) is 20.6 Å². The first-order valence-electron chi connectivity index (χ1n) is 9.03. The van der Waals surface area contributed by atoms with Crippen molar-refractivity contribution >= 4 is 11.9 Å². The first-order valence-corrected chi connectivity index (χ1v) is 9.03. The van der Waals surface area contributed by atoms with Crippen LogP contribution in [0.15, 0.2) is 30.0 Å². The molecule has 2 aliphatic rings. The molecule has 1 aromatic rings. The fourth-order valence-corrected chi connectivity index (χ4v) is 3.18. The molecule has 0 unspecified atom stereocenters. The number of allylic oxidation sites excluding steroid dienone is 2. The molecule has 0 N–H and O–H groups in total. The third kappa shape index (κ3) is 4.36. The molecule has 26 heavy (non-hydrogen) atoms. The number of nitrogens with zero attached hydrogens (tertiary/aromatic N) is 1. The number of benzene rings is 1. The lowest BCUT2D eigenvalue weighted by Crippen LogP contribution is -2.36. The van der Waals surface area contributed by atoms with Gasteiger partial charge in [-0.3, -0.25) is 4.79 Å². The largest absolute Gasteiger partial charge is 0.497 e. The van der Waals surface area contributed by atoms with E-state index in [1.54, 1.807) is 18.2 Å². The number of methoxy groups -OCH3 is 2. The van der Waals surface area contributed by atoms with Gasteiger partial charge in [0.15, 0.2) is 6.61 Å². The summed E-state index contributed by atoms with van der Waals surface area (Å²) in [5.74, 6) is 0.275. The van der Waals surface area contributed by atoms with Crippen LogP contribution in [0, 0.1) is 0 Å². The van der Waals surface area contributed by atoms with Crippen molar-refractivity contribution in [2.24, 2.45) is 0 Å². The van der Waals surface area contributed by atoms with Crippen molar-refractivity contribution in [2.75, 3.05) is 20.8 Å². The molecule has 140 valence electrons. The highest BCUT2D eigenvalue weighted by Crippen LogP contribution is 2.33. The molecule has 1 amide bonds. The molecule has 1 fully saturated rings. The molecule has 6 nitrogen and oxygen atoms in total. The Balaban J connectivity index is 1.64. The number of ether oxygens (including phenoxy) is 3. The van der Waals surface area contributed by atoms with Crippen molar-refractivity contribution in [1.82, 2.24) is 4.90 Å². The van der Waals surface area contributed by atoms with Gasteiger partial charge < -0.3 is 19.1 Å². The summed E-state index contributed by atoms with van der Waals surface area (Å²) in [7, 11) is 3.03. The van der Waals surface area contributed by atoms with Crippen LogP contribution in [-0.2, 0) is 9.53 Å². The number of hydrogen-bond acceptors (Lipinski definition) is 5. The molecule has 0 radical (unpaired) electrons. The van der Waals surface area contributed by atoms with Gasteiger partial charge in [0.25, 0.3) is 5.91 Å². The molecule has 2 aliphatic carbocycles. The molecule has 1 aromatic carbocycles. The second kappa shape index (κ2) is 8.25. The number of amides is 1. The van der Waals surface area contributed by atoms with Gasteiger partial charge in [-0.15, -0.1) is 0 Å². The number of carbonyl (C=O) groups excluding carboxylic acids is 2. The fourth-order valence-electron chi connectivity index (χ4n) is 3.18. The molecular weight excluding hydrogens is 334 g/mol. The lowest BCUT2D eigenvalue weighted by atomic mass is 10.0. The van der Waals surface area contributed by atoms with Crippen LogP contribution in [0.3, 0.4) is 0 Å². The molecule has 6 heteroatoms. The molecule has 0 saturated heterocycles. The Morgan fingerprint density at radius 1 is 1.08 bits per heavy atom. The van der Waals surface area contributed by atoms with Crippen molar-refractivity contribution < 1.29 is 23.8 Å². The molecule has 0 spiro atoms. The second-order valence-corrected chi connectivity index (χ2v) is 6.61. The molecule has 1 saturated carbocycles. The Hall–Kier alpha value is -2.50. The lowest BCUT2D eigenvalue weighted by molar-refractivity contribution is -0.133. The number of hydrogen-bond donors (Lipinski definition) is 0. The third-order valence-corrected chi connectivity index (χ3v) is 4.67. The highest BCUT2D eigenvalue weighted by atomic mass is 16.5. The summed E-state index contributed by atoms with van der Waals surface area (Å²) < 4.78 is 15.6. The van der Waals surface area contributed by atoms with Gasteiger partial charge in [0.05, 0.1) is 19.8 Å². The molecule has 3 rings (SSSR count). The SMILES string of the molecule is COc1cc(OC)cc(C(=O)OCC(=O)N(C2=CCCCC2)C2CC2)c1. The van der Waals surface area contributed by atoms with Crippen LogP contribution >= 0.6 is 0 Å². The van der Waals surface area contributed by atoms with Crippen LogP contribution < -0.4 is 9.47 Å². The lowest BCUT2D eigenvalue weighted by Gasteiger charge is -2.27. The van der Waals surface area contributed by atoms with Crippen molar-refractivity contribution in [2.45, 2.75) is 44.6 Å². The summed E-state index contributed by atoms with van der Waals surface area (Å²) in [4.78, 5) is 26.9. The topological polar surface area (TPSA) is 65.1 Å². The highest BCUT2D eigenvalue weighted by Gasteiger charge is 2.35. The average molecular weight is 359 g/mol. The molecule has 0 aliphatic heterocycles. The maximum atomic E-state index is 12.7. The van der Waals surface area contributed by atoms with E-state index in [2.05, 4.69) is 6.08 Å². The van der Waals surface area contributed by atoms with Gasteiger partial charge in [-0.1, -0.05) is 6.08 Å². The molecule has 0 heterocycles. The van der Waals surface area contributed by atoms with E-state index in [0.29, 0.717) is 17.1 Å². The van der Waals surface area contributed by atoms with Crippen LogP contribution in [0.5, 0.6) is 11.5 Å². The van der Waals surface area contributed by atoms with E-state index < -0.39 is 5.97 Å². The minimum Gasteiger partial charge on any atom is -0.497 e. The first kappa shape index (κ1) is 18.3. The highest BCUT2D eigenvalue weighted by molar-refractivity contribution is 5.92. The second-order valence-electron chi connectivity index (χ2n) is 6.61. The van der Waals surface area contributed by atoms with Gasteiger partial charge in [0, 0.05) is 17.8 Å². The molecule has 0 aromatic heterocycles. The zero-order valence-corrected chi connectivity index (χ0v) is 15.3. The van der Waals surface area contributed by atoms with Crippen LogP contribution in [0.1, 0.15) is 48.9 Å². The Labute approximate surface area is 153 Å². The summed E-state index contributed by atoms with van der Waals surface area (Å²) in [6, 6.07) is 5.07. The third-order valence-electron chi connectivity index (χ3n) is 4.67. The molecule has 0 bridgehead atoms. The zero-order valence-electron chi connectivity index (χ0n) is 15.3. The Bertz CT molecular complexity index is 686. The minimum atomic E-state index is -0.566. The maximum Gasteiger partial charge on any atom is 0.338 e. The van der Waals surface area contributed by atoms with Crippen LogP contribution in [-0.4, -0.2) is 43.6 Å². The van der Waals surface area contributed by atoms with Gasteiger partial charge >= 0.3 is 5.97 Å². The monoisotopic (exact) mass is 359 g/mol. The smallest absolute Gasteiger partial charge is 0.338 e. The van der Waals surface area contributed by atoms with Gasteiger partial charge in [0.1, 0.15) is 11.5 Å². The zero-order chi connectivity index (χ0) is 18.5. The summed E-state index contributed by atoms with van der Waals surface area (Å²) in [5, 5.41) is 0. The van der Waals surface area contributed by atoms with E-state index >= 15 is 0 Å². The van der Waals surface area contributed by atoms with Gasteiger partial charge in [-0.25, -0.2) is 4.79 Å². The number of carbonyl (C=O) groups is 2. The van der Waals surface area contributed by atoms with Gasteiger partial charge in [0.2, 0.25) is 0 Å². The van der Waals surface area contributed by atoms with Crippen LogP contribution in [0.4, 0.5) is 0 Å². The number of esters is 1. The first-order chi connectivity index (χ1) is 12.6. The van der Waals surface area contributed by atoms with Gasteiger partial charge in [-0.2, -0.15) is 0 Å². The maximum absolute atomic E-state index is 12.7. The average Bonchev–Trinajstić information content (AvgIpc) is 3.51. The van der Waals surface area contributed by atoms with E-state index in [1.807, 2.05) is 4.90 Å². The van der Waals surface area contributed by atoms with E-state index in [-0.39, 0.29) is 18.6 Å². The fraction of sp³-hybridized carbons (Fsp3) is 0.500. The Morgan fingerprint density at radius 3 is 2.31 bits per heavy atom. The van der Waals surface area contributed by atoms with Crippen molar-refractivity contribution in [1.29, 1.82) is 0 Å². The Kier molecular flexibility index (Phi) is 5.81.